The second kappa shape index (κ2) is 5.77. The molecule has 3 heterocycles. The van der Waals surface area contributed by atoms with Gasteiger partial charge in [0.2, 0.25) is 10.0 Å². The molecule has 0 radical (unpaired) electrons. The molecule has 8 heteroatoms. The van der Waals surface area contributed by atoms with Crippen LogP contribution in [0.1, 0.15) is 12.6 Å². The molecule has 0 aromatic carbocycles. The van der Waals surface area contributed by atoms with Crippen molar-refractivity contribution in [3.63, 3.8) is 0 Å². The third-order valence-corrected chi connectivity index (χ3v) is 5.78. The van der Waals surface area contributed by atoms with Gasteiger partial charge in [-0.1, -0.05) is 0 Å². The van der Waals surface area contributed by atoms with E-state index in [1.165, 1.54) is 6.33 Å². The van der Waals surface area contributed by atoms with E-state index in [9.17, 15) is 8.42 Å². The van der Waals surface area contributed by atoms with Crippen molar-refractivity contribution in [3.8, 4) is 0 Å². The molecule has 2 aromatic heterocycles. The molecule has 0 N–H and O–H groups in total. The minimum absolute atomic E-state index is 0.143. The summed E-state index contributed by atoms with van der Waals surface area (Å²) in [6.45, 7) is 5.79. The normalized spacial score (nSPS) is 17.1. The number of rotatable bonds is 3. The van der Waals surface area contributed by atoms with Crippen LogP contribution in [0, 0.1) is 6.92 Å². The molecule has 0 spiro atoms. The molecule has 0 unspecified atom stereocenters. The Hall–Kier alpha value is -1.80. The minimum Gasteiger partial charge on any atom is -0.352 e. The van der Waals surface area contributed by atoms with Gasteiger partial charge in [0.15, 0.2) is 5.82 Å². The molecule has 0 amide bonds. The molecule has 0 saturated carbocycles. The summed E-state index contributed by atoms with van der Waals surface area (Å²) in [6.07, 6.45) is 1.53. The highest BCUT2D eigenvalue weighted by Crippen LogP contribution is 2.23. The lowest BCUT2D eigenvalue weighted by Crippen LogP contribution is -2.49. The van der Waals surface area contributed by atoms with Gasteiger partial charge in [-0.05, 0) is 26.0 Å². The SMILES string of the molecule is CCS(=O)(=O)N1CCN(c2ncnc3ccc(C)nc23)CC1. The number of pyridine rings is 1. The Morgan fingerprint density at radius 2 is 1.86 bits per heavy atom. The number of nitrogens with zero attached hydrogens (tertiary/aromatic N) is 5. The standard InChI is InChI=1S/C14H19N5O2S/c1-3-22(20,21)19-8-6-18(7-9-19)14-13-12(15-10-16-14)5-4-11(2)17-13/h4-5,10H,3,6-9H2,1-2H3. The number of hydrogen-bond donors (Lipinski definition) is 0. The smallest absolute Gasteiger partial charge is 0.213 e. The summed E-state index contributed by atoms with van der Waals surface area (Å²) in [5, 5.41) is 0. The van der Waals surface area contributed by atoms with Crippen molar-refractivity contribution in [2.45, 2.75) is 13.8 Å². The Bertz CT molecular complexity index is 785. The largest absolute Gasteiger partial charge is 0.352 e. The van der Waals surface area contributed by atoms with Crippen LogP contribution < -0.4 is 4.90 Å². The van der Waals surface area contributed by atoms with Crippen molar-refractivity contribution in [1.29, 1.82) is 0 Å². The second-order valence-electron chi connectivity index (χ2n) is 5.30. The van der Waals surface area contributed by atoms with Crippen molar-refractivity contribution in [2.24, 2.45) is 0 Å². The maximum Gasteiger partial charge on any atom is 0.213 e. The van der Waals surface area contributed by atoms with Gasteiger partial charge in [0.1, 0.15) is 11.8 Å². The molecular formula is C14H19N5O2S. The van der Waals surface area contributed by atoms with E-state index in [1.807, 2.05) is 19.1 Å². The van der Waals surface area contributed by atoms with Gasteiger partial charge < -0.3 is 4.90 Å². The maximum atomic E-state index is 11.9. The van der Waals surface area contributed by atoms with Crippen LogP contribution in [-0.4, -0.2) is 59.6 Å². The molecule has 1 aliphatic heterocycles. The average Bonchev–Trinajstić information content (AvgIpc) is 2.54. The van der Waals surface area contributed by atoms with Crippen molar-refractivity contribution in [1.82, 2.24) is 19.3 Å². The quantitative estimate of drug-likeness (QED) is 0.832. The zero-order valence-electron chi connectivity index (χ0n) is 12.7. The topological polar surface area (TPSA) is 79.3 Å². The minimum atomic E-state index is -3.12. The summed E-state index contributed by atoms with van der Waals surface area (Å²) in [4.78, 5) is 15.2. The second-order valence-corrected chi connectivity index (χ2v) is 7.56. The van der Waals surface area contributed by atoms with Gasteiger partial charge in [0, 0.05) is 31.9 Å². The fourth-order valence-electron chi connectivity index (χ4n) is 2.62. The Morgan fingerprint density at radius 1 is 1.14 bits per heavy atom. The van der Waals surface area contributed by atoms with Gasteiger partial charge in [-0.3, -0.25) is 0 Å². The Labute approximate surface area is 130 Å². The Morgan fingerprint density at radius 3 is 2.55 bits per heavy atom. The van der Waals surface area contributed by atoms with Gasteiger partial charge in [-0.2, -0.15) is 4.31 Å². The van der Waals surface area contributed by atoms with Crippen LogP contribution in [0.2, 0.25) is 0 Å². The van der Waals surface area contributed by atoms with Gasteiger partial charge in [-0.25, -0.2) is 23.4 Å². The highest BCUT2D eigenvalue weighted by atomic mass is 32.2. The highest BCUT2D eigenvalue weighted by Gasteiger charge is 2.27. The van der Waals surface area contributed by atoms with Crippen molar-refractivity contribution < 1.29 is 8.42 Å². The zero-order valence-corrected chi connectivity index (χ0v) is 13.5. The lowest BCUT2D eigenvalue weighted by atomic mass is 10.2. The molecule has 1 saturated heterocycles. The lowest BCUT2D eigenvalue weighted by Gasteiger charge is -2.34. The monoisotopic (exact) mass is 321 g/mol. The first-order valence-electron chi connectivity index (χ1n) is 7.32. The number of sulfonamides is 1. The van der Waals surface area contributed by atoms with Crippen LogP contribution in [-0.2, 0) is 10.0 Å². The molecule has 0 bridgehead atoms. The molecule has 0 atom stereocenters. The molecular weight excluding hydrogens is 302 g/mol. The summed E-state index contributed by atoms with van der Waals surface area (Å²) in [5.74, 6) is 0.923. The molecule has 1 aliphatic rings. The van der Waals surface area contributed by atoms with Gasteiger partial charge in [0.05, 0.1) is 11.3 Å². The Balaban J connectivity index is 1.87. The first kappa shape index (κ1) is 15.1. The fraction of sp³-hybridized carbons (Fsp3) is 0.500. The maximum absolute atomic E-state index is 11.9. The van der Waals surface area contributed by atoms with Crippen LogP contribution in [0.4, 0.5) is 5.82 Å². The Kier molecular flexibility index (Phi) is 3.96. The predicted molar refractivity (Wildman–Crippen MR) is 85.3 cm³/mol. The van der Waals surface area contributed by atoms with E-state index >= 15 is 0 Å². The van der Waals surface area contributed by atoms with Crippen molar-refractivity contribution in [2.75, 3.05) is 36.8 Å². The summed E-state index contributed by atoms with van der Waals surface area (Å²) in [7, 11) is -3.12. The van der Waals surface area contributed by atoms with Crippen LogP contribution >= 0.6 is 0 Å². The molecule has 22 heavy (non-hydrogen) atoms. The number of anilines is 1. The van der Waals surface area contributed by atoms with Gasteiger partial charge >= 0.3 is 0 Å². The number of aromatic nitrogens is 3. The summed E-state index contributed by atoms with van der Waals surface area (Å²) < 4.78 is 25.4. The number of piperazine rings is 1. The average molecular weight is 321 g/mol. The van der Waals surface area contributed by atoms with Gasteiger partial charge in [-0.15, -0.1) is 0 Å². The van der Waals surface area contributed by atoms with E-state index in [2.05, 4.69) is 19.9 Å². The molecule has 3 rings (SSSR count). The lowest BCUT2D eigenvalue weighted by molar-refractivity contribution is 0.385. The number of aryl methyl sites for hydroxylation is 1. The third-order valence-electron chi connectivity index (χ3n) is 3.90. The summed E-state index contributed by atoms with van der Waals surface area (Å²) in [6, 6.07) is 3.85. The summed E-state index contributed by atoms with van der Waals surface area (Å²) >= 11 is 0. The van der Waals surface area contributed by atoms with Crippen LogP contribution in [0.25, 0.3) is 11.0 Å². The van der Waals surface area contributed by atoms with E-state index in [0.29, 0.717) is 26.2 Å². The van der Waals surface area contributed by atoms with Gasteiger partial charge in [0.25, 0.3) is 0 Å². The molecule has 1 fully saturated rings. The summed E-state index contributed by atoms with van der Waals surface area (Å²) in [5.41, 5.74) is 2.49. The molecule has 2 aromatic rings. The van der Waals surface area contributed by atoms with Crippen LogP contribution in [0.5, 0.6) is 0 Å². The molecule has 0 aliphatic carbocycles. The van der Waals surface area contributed by atoms with E-state index in [-0.39, 0.29) is 5.75 Å². The highest BCUT2D eigenvalue weighted by molar-refractivity contribution is 7.89. The molecule has 7 nitrogen and oxygen atoms in total. The van der Waals surface area contributed by atoms with E-state index in [4.69, 9.17) is 0 Å². The van der Waals surface area contributed by atoms with E-state index < -0.39 is 10.0 Å². The fourth-order valence-corrected chi connectivity index (χ4v) is 3.70. The predicted octanol–water partition coefficient (Wildman–Crippen LogP) is 0.805. The van der Waals surface area contributed by atoms with Crippen molar-refractivity contribution >= 4 is 26.9 Å². The van der Waals surface area contributed by atoms with Crippen LogP contribution in [0.3, 0.4) is 0 Å². The molecule has 118 valence electrons. The van der Waals surface area contributed by atoms with E-state index in [1.54, 1.807) is 11.2 Å². The first-order valence-corrected chi connectivity index (χ1v) is 8.93. The van der Waals surface area contributed by atoms with E-state index in [0.717, 1.165) is 22.5 Å². The third kappa shape index (κ3) is 2.76. The first-order chi connectivity index (χ1) is 10.5. The number of hydrogen-bond acceptors (Lipinski definition) is 6. The van der Waals surface area contributed by atoms with Crippen LogP contribution in [0.15, 0.2) is 18.5 Å². The number of fused-ring (bicyclic) bond motifs is 1. The zero-order chi connectivity index (χ0) is 15.7. The van der Waals surface area contributed by atoms with Crippen molar-refractivity contribution in [3.05, 3.63) is 24.2 Å².